The third-order valence-corrected chi connectivity index (χ3v) is 3.18. The van der Waals surface area contributed by atoms with Crippen molar-refractivity contribution in [2.45, 2.75) is 0 Å². The molecule has 0 unspecified atom stereocenters. The topological polar surface area (TPSA) is 95.3 Å². The highest BCUT2D eigenvalue weighted by molar-refractivity contribution is 5.80. The van der Waals surface area contributed by atoms with Crippen molar-refractivity contribution in [1.82, 2.24) is 9.97 Å². The Kier molecular flexibility index (Phi) is 2.41. The molecule has 0 bridgehead atoms. The number of aliphatic hydroxyl groups is 1. The van der Waals surface area contributed by atoms with Crippen molar-refractivity contribution in [2.24, 2.45) is 5.92 Å². The van der Waals surface area contributed by atoms with Crippen molar-refractivity contribution in [3.63, 3.8) is 0 Å². The van der Waals surface area contributed by atoms with Crippen LogP contribution >= 0.6 is 0 Å². The van der Waals surface area contributed by atoms with Crippen LogP contribution in [0.25, 0.3) is 11.0 Å². The van der Waals surface area contributed by atoms with Crippen LogP contribution in [-0.2, 0) is 0 Å². The van der Waals surface area contributed by atoms with E-state index >= 15 is 0 Å². The first-order valence-corrected chi connectivity index (χ1v) is 5.67. The van der Waals surface area contributed by atoms with Gasteiger partial charge in [0, 0.05) is 37.7 Å². The Labute approximate surface area is 102 Å². The van der Waals surface area contributed by atoms with Crippen LogP contribution in [0.2, 0.25) is 0 Å². The highest BCUT2D eigenvalue weighted by atomic mass is 16.6. The number of nitrogens with one attached hydrogen (secondary N) is 1. The number of non-ortho nitro benzene ring substituents is 1. The third kappa shape index (κ3) is 1.68. The first-order valence-electron chi connectivity index (χ1n) is 5.67. The molecule has 18 heavy (non-hydrogen) atoms. The molecule has 0 atom stereocenters. The van der Waals surface area contributed by atoms with Gasteiger partial charge in [-0.15, -0.1) is 0 Å². The van der Waals surface area contributed by atoms with E-state index in [1.165, 1.54) is 12.1 Å². The molecule has 0 saturated carbocycles. The Balaban J connectivity index is 1.89. The van der Waals surface area contributed by atoms with Gasteiger partial charge in [-0.1, -0.05) is 0 Å². The lowest BCUT2D eigenvalue weighted by Gasteiger charge is -2.37. The predicted octanol–water partition coefficient (Wildman–Crippen LogP) is 0.900. The molecule has 1 aliphatic heterocycles. The number of nitro benzene ring substituents is 1. The van der Waals surface area contributed by atoms with Crippen LogP contribution in [0.4, 0.5) is 11.6 Å². The summed E-state index contributed by atoms with van der Waals surface area (Å²) in [5.41, 5.74) is 1.42. The van der Waals surface area contributed by atoms with Crippen LogP contribution in [-0.4, -0.2) is 39.7 Å². The fourth-order valence-corrected chi connectivity index (χ4v) is 2.11. The smallest absolute Gasteiger partial charge is 0.271 e. The number of anilines is 1. The number of imidazole rings is 1. The van der Waals surface area contributed by atoms with Crippen molar-refractivity contribution in [1.29, 1.82) is 0 Å². The van der Waals surface area contributed by atoms with Gasteiger partial charge in [-0.05, 0) is 6.07 Å². The zero-order valence-electron chi connectivity index (χ0n) is 9.54. The van der Waals surface area contributed by atoms with E-state index in [9.17, 15) is 10.1 Å². The van der Waals surface area contributed by atoms with Crippen LogP contribution < -0.4 is 4.90 Å². The van der Waals surface area contributed by atoms with Gasteiger partial charge < -0.3 is 15.0 Å². The lowest BCUT2D eigenvalue weighted by molar-refractivity contribution is -0.384. The number of aromatic amines is 1. The fourth-order valence-electron chi connectivity index (χ4n) is 2.11. The number of hydrogen-bond donors (Lipinski definition) is 2. The van der Waals surface area contributed by atoms with Crippen LogP contribution in [0.15, 0.2) is 18.2 Å². The van der Waals surface area contributed by atoms with E-state index in [0.29, 0.717) is 22.9 Å². The third-order valence-electron chi connectivity index (χ3n) is 3.18. The van der Waals surface area contributed by atoms with E-state index in [0.717, 1.165) is 13.1 Å². The van der Waals surface area contributed by atoms with E-state index in [1.54, 1.807) is 6.07 Å². The maximum absolute atomic E-state index is 10.7. The summed E-state index contributed by atoms with van der Waals surface area (Å²) in [5.74, 6) is 1.00. The molecule has 94 valence electrons. The summed E-state index contributed by atoms with van der Waals surface area (Å²) in [7, 11) is 0. The molecule has 7 nitrogen and oxygen atoms in total. The molecule has 2 N–H and O–H groups in total. The van der Waals surface area contributed by atoms with E-state index in [4.69, 9.17) is 5.11 Å². The van der Waals surface area contributed by atoms with Gasteiger partial charge in [-0.25, -0.2) is 4.98 Å². The van der Waals surface area contributed by atoms with E-state index in [-0.39, 0.29) is 12.3 Å². The largest absolute Gasteiger partial charge is 0.396 e. The van der Waals surface area contributed by atoms with Gasteiger partial charge in [0.25, 0.3) is 5.69 Å². The number of H-pyrrole nitrogens is 1. The van der Waals surface area contributed by atoms with Gasteiger partial charge in [-0.3, -0.25) is 10.1 Å². The zero-order valence-corrected chi connectivity index (χ0v) is 9.54. The highest BCUT2D eigenvalue weighted by Crippen LogP contribution is 2.26. The van der Waals surface area contributed by atoms with Gasteiger partial charge in [0.2, 0.25) is 5.95 Å². The van der Waals surface area contributed by atoms with Crippen molar-refractivity contribution in [3.05, 3.63) is 28.3 Å². The molecule has 1 fully saturated rings. The standard InChI is InChI=1S/C11H12N4O3/c16-6-7-4-14(5-7)11-12-9-2-1-8(15(17)18)3-10(9)13-11/h1-3,7,16H,4-6H2,(H,12,13). The van der Waals surface area contributed by atoms with Crippen LogP contribution in [0, 0.1) is 16.0 Å². The maximum Gasteiger partial charge on any atom is 0.271 e. The minimum atomic E-state index is -0.425. The average Bonchev–Trinajstić information content (AvgIpc) is 2.69. The number of nitro groups is 1. The van der Waals surface area contributed by atoms with E-state index in [1.807, 2.05) is 4.90 Å². The predicted molar refractivity (Wildman–Crippen MR) is 65.5 cm³/mol. The molecule has 0 spiro atoms. The van der Waals surface area contributed by atoms with E-state index in [2.05, 4.69) is 9.97 Å². The van der Waals surface area contributed by atoms with Crippen LogP contribution in [0.1, 0.15) is 0 Å². The average molecular weight is 248 g/mol. The first kappa shape index (κ1) is 11.0. The molecule has 0 aliphatic carbocycles. The number of rotatable bonds is 3. The molecular formula is C11H12N4O3. The number of fused-ring (bicyclic) bond motifs is 1. The van der Waals surface area contributed by atoms with Crippen molar-refractivity contribution < 1.29 is 10.0 Å². The van der Waals surface area contributed by atoms with Crippen molar-refractivity contribution in [3.8, 4) is 0 Å². The normalized spacial score (nSPS) is 15.9. The number of aromatic nitrogens is 2. The number of hydrogen-bond acceptors (Lipinski definition) is 5. The second-order valence-corrected chi connectivity index (χ2v) is 4.47. The number of benzene rings is 1. The molecule has 1 saturated heterocycles. The second-order valence-electron chi connectivity index (χ2n) is 4.47. The second kappa shape index (κ2) is 3.95. The van der Waals surface area contributed by atoms with Crippen LogP contribution in [0.3, 0.4) is 0 Å². The quantitative estimate of drug-likeness (QED) is 0.621. The monoisotopic (exact) mass is 248 g/mol. The highest BCUT2D eigenvalue weighted by Gasteiger charge is 2.28. The van der Waals surface area contributed by atoms with Gasteiger partial charge in [0.15, 0.2) is 0 Å². The lowest BCUT2D eigenvalue weighted by Crippen LogP contribution is -2.48. The SMILES string of the molecule is O=[N+]([O-])c1ccc2nc(N3CC(CO)C3)[nH]c2c1. The van der Waals surface area contributed by atoms with Crippen molar-refractivity contribution in [2.75, 3.05) is 24.6 Å². The summed E-state index contributed by atoms with van der Waals surface area (Å²) in [4.78, 5) is 19.7. The molecule has 7 heteroatoms. The maximum atomic E-state index is 10.7. The van der Waals surface area contributed by atoms with Gasteiger partial charge >= 0.3 is 0 Å². The van der Waals surface area contributed by atoms with E-state index < -0.39 is 4.92 Å². The van der Waals surface area contributed by atoms with Crippen LogP contribution in [0.5, 0.6) is 0 Å². The lowest BCUT2D eigenvalue weighted by atomic mass is 10.0. The van der Waals surface area contributed by atoms with Crippen molar-refractivity contribution >= 4 is 22.7 Å². The summed E-state index contributed by atoms with van der Waals surface area (Å²) >= 11 is 0. The summed E-state index contributed by atoms with van der Waals surface area (Å²) in [6.07, 6.45) is 0. The Morgan fingerprint density at radius 2 is 2.33 bits per heavy atom. The summed E-state index contributed by atoms with van der Waals surface area (Å²) < 4.78 is 0. The summed E-state index contributed by atoms with van der Waals surface area (Å²) in [6.45, 7) is 1.71. The Morgan fingerprint density at radius 1 is 1.56 bits per heavy atom. The number of aliphatic hydroxyl groups excluding tert-OH is 1. The number of nitrogens with zero attached hydrogens (tertiary/aromatic N) is 3. The Hall–Kier alpha value is -2.15. The van der Waals surface area contributed by atoms with Gasteiger partial charge in [-0.2, -0.15) is 0 Å². The fraction of sp³-hybridized carbons (Fsp3) is 0.364. The molecule has 2 heterocycles. The molecule has 0 radical (unpaired) electrons. The molecular weight excluding hydrogens is 236 g/mol. The minimum absolute atomic E-state index is 0.0505. The van der Waals surface area contributed by atoms with Gasteiger partial charge in [0.05, 0.1) is 16.0 Å². The summed E-state index contributed by atoms with van der Waals surface area (Å²) in [5, 5.41) is 19.6. The summed E-state index contributed by atoms with van der Waals surface area (Å²) in [6, 6.07) is 4.56. The van der Waals surface area contributed by atoms with Gasteiger partial charge in [0.1, 0.15) is 0 Å². The Bertz CT molecular complexity index is 603. The Morgan fingerprint density at radius 3 is 3.00 bits per heavy atom. The molecule has 2 aromatic rings. The minimum Gasteiger partial charge on any atom is -0.396 e. The molecule has 3 rings (SSSR count). The molecule has 1 aromatic carbocycles. The molecule has 1 aliphatic rings. The molecule has 0 amide bonds. The first-order chi connectivity index (χ1) is 8.67. The molecule has 1 aromatic heterocycles. The zero-order chi connectivity index (χ0) is 12.7.